The summed E-state index contributed by atoms with van der Waals surface area (Å²) < 4.78 is 4.05. The fourth-order valence-electron chi connectivity index (χ4n) is 3.60. The highest BCUT2D eigenvalue weighted by Crippen LogP contribution is 2.40. The lowest BCUT2D eigenvalue weighted by Crippen LogP contribution is -2.53. The molecule has 1 aromatic rings. The van der Waals surface area contributed by atoms with E-state index >= 15 is 0 Å². The van der Waals surface area contributed by atoms with Crippen LogP contribution in [0.2, 0.25) is 0 Å². The minimum absolute atomic E-state index is 0.389. The molecule has 2 heterocycles. The van der Waals surface area contributed by atoms with Crippen molar-refractivity contribution >= 4 is 16.5 Å². The minimum Gasteiger partial charge on any atom is -0.390 e. The average Bonchev–Trinajstić information content (AvgIpc) is 2.87. The molecule has 0 spiro atoms. The quantitative estimate of drug-likeness (QED) is 0.891. The molecule has 3 rings (SSSR count). The molecule has 0 radical (unpaired) electrons. The highest BCUT2D eigenvalue weighted by Gasteiger charge is 2.42. The zero-order valence-electron chi connectivity index (χ0n) is 12.1. The van der Waals surface area contributed by atoms with Crippen molar-refractivity contribution in [1.29, 1.82) is 0 Å². The average molecular weight is 296 g/mol. The van der Waals surface area contributed by atoms with Gasteiger partial charge in [0.25, 0.3) is 0 Å². The third-order valence-electron chi connectivity index (χ3n) is 4.78. The molecule has 1 saturated carbocycles. The maximum absolute atomic E-state index is 10.7. The Kier molecular flexibility index (Phi) is 4.23. The van der Waals surface area contributed by atoms with Gasteiger partial charge in [-0.3, -0.25) is 4.90 Å². The van der Waals surface area contributed by atoms with Crippen molar-refractivity contribution in [3.63, 3.8) is 0 Å². The number of anilines is 1. The van der Waals surface area contributed by atoms with E-state index in [1.54, 1.807) is 0 Å². The summed E-state index contributed by atoms with van der Waals surface area (Å²) in [5.41, 5.74) is 0.664. The zero-order valence-corrected chi connectivity index (χ0v) is 13.0. The maximum atomic E-state index is 10.7. The number of piperidine rings is 1. The molecular formula is C14H24N4OS. The second-order valence-electron chi connectivity index (χ2n) is 6.11. The Labute approximate surface area is 124 Å². The van der Waals surface area contributed by atoms with Gasteiger partial charge in [0.05, 0.1) is 5.60 Å². The van der Waals surface area contributed by atoms with Crippen molar-refractivity contribution in [2.45, 2.75) is 51.2 Å². The van der Waals surface area contributed by atoms with Crippen molar-refractivity contribution in [3.8, 4) is 0 Å². The Balaban J connectivity index is 1.63. The van der Waals surface area contributed by atoms with E-state index in [1.165, 1.54) is 30.8 Å². The first kappa shape index (κ1) is 14.2. The fraction of sp³-hybridized carbons (Fsp3) is 0.857. The lowest BCUT2D eigenvalue weighted by Gasteiger charge is -2.47. The van der Waals surface area contributed by atoms with Crippen molar-refractivity contribution < 1.29 is 5.11 Å². The van der Waals surface area contributed by atoms with Crippen LogP contribution in [0.25, 0.3) is 0 Å². The van der Waals surface area contributed by atoms with Gasteiger partial charge in [-0.15, -0.1) is 5.10 Å². The molecule has 20 heavy (non-hydrogen) atoms. The number of fused-ring (bicyclic) bond motifs is 1. The van der Waals surface area contributed by atoms with Crippen molar-refractivity contribution in [3.05, 3.63) is 5.69 Å². The Morgan fingerprint density at radius 1 is 1.45 bits per heavy atom. The molecule has 1 aliphatic heterocycles. The molecule has 0 amide bonds. The lowest BCUT2D eigenvalue weighted by atomic mass is 9.71. The molecule has 1 aliphatic carbocycles. The Bertz CT molecular complexity index is 452. The minimum atomic E-state index is -0.389. The number of hydrogen-bond donors (Lipinski definition) is 2. The summed E-state index contributed by atoms with van der Waals surface area (Å²) in [6.45, 7) is 5.81. The van der Waals surface area contributed by atoms with Gasteiger partial charge in [0, 0.05) is 43.6 Å². The second kappa shape index (κ2) is 5.95. The van der Waals surface area contributed by atoms with Gasteiger partial charge in [-0.25, -0.2) is 0 Å². The summed E-state index contributed by atoms with van der Waals surface area (Å²) in [6, 6.07) is 0. The standard InChI is InChI=1S/C14H24N4OS/c1-2-15-13-12(16-17-20-13)10-18-8-7-14(19)6-4-3-5-11(14)9-18/h11,15,19H,2-10H2,1H3. The molecule has 6 heteroatoms. The van der Waals surface area contributed by atoms with Crippen LogP contribution in [0.5, 0.6) is 0 Å². The Hall–Kier alpha value is -0.720. The van der Waals surface area contributed by atoms with E-state index in [0.29, 0.717) is 5.92 Å². The largest absolute Gasteiger partial charge is 0.390 e. The fourth-order valence-corrected chi connectivity index (χ4v) is 4.24. The van der Waals surface area contributed by atoms with E-state index in [2.05, 4.69) is 26.7 Å². The first-order chi connectivity index (χ1) is 9.71. The molecular weight excluding hydrogens is 272 g/mol. The van der Waals surface area contributed by atoms with Gasteiger partial charge in [-0.1, -0.05) is 17.3 Å². The van der Waals surface area contributed by atoms with Crippen LogP contribution >= 0.6 is 11.5 Å². The van der Waals surface area contributed by atoms with Gasteiger partial charge in [0.2, 0.25) is 0 Å². The molecule has 0 aromatic carbocycles. The van der Waals surface area contributed by atoms with Crippen molar-refractivity contribution in [2.75, 3.05) is 25.0 Å². The van der Waals surface area contributed by atoms with Crippen molar-refractivity contribution in [1.82, 2.24) is 14.5 Å². The predicted octanol–water partition coefficient (Wildman–Crippen LogP) is 2.10. The number of nitrogens with one attached hydrogen (secondary N) is 1. The third kappa shape index (κ3) is 2.82. The van der Waals surface area contributed by atoms with Crippen LogP contribution in [-0.2, 0) is 6.54 Å². The predicted molar refractivity (Wildman–Crippen MR) is 80.9 cm³/mol. The summed E-state index contributed by atoms with van der Waals surface area (Å²) in [5.74, 6) is 0.444. The molecule has 0 bridgehead atoms. The van der Waals surface area contributed by atoms with E-state index in [0.717, 1.165) is 49.7 Å². The summed E-state index contributed by atoms with van der Waals surface area (Å²) in [4.78, 5) is 2.43. The van der Waals surface area contributed by atoms with E-state index in [4.69, 9.17) is 0 Å². The van der Waals surface area contributed by atoms with Gasteiger partial charge >= 0.3 is 0 Å². The van der Waals surface area contributed by atoms with Crippen LogP contribution < -0.4 is 5.32 Å². The van der Waals surface area contributed by atoms with Crippen LogP contribution in [0.4, 0.5) is 5.00 Å². The number of aromatic nitrogens is 2. The molecule has 5 nitrogen and oxygen atoms in total. The van der Waals surface area contributed by atoms with Crippen LogP contribution in [0.3, 0.4) is 0 Å². The van der Waals surface area contributed by atoms with Gasteiger partial charge < -0.3 is 10.4 Å². The molecule has 2 fully saturated rings. The van der Waals surface area contributed by atoms with Gasteiger partial charge in [-0.2, -0.15) is 0 Å². The van der Waals surface area contributed by atoms with E-state index in [1.807, 2.05) is 0 Å². The maximum Gasteiger partial charge on any atom is 0.134 e. The molecule has 2 aliphatic rings. The van der Waals surface area contributed by atoms with Crippen LogP contribution in [0.15, 0.2) is 0 Å². The molecule has 1 saturated heterocycles. The zero-order chi connectivity index (χ0) is 14.0. The monoisotopic (exact) mass is 296 g/mol. The highest BCUT2D eigenvalue weighted by molar-refractivity contribution is 7.10. The Morgan fingerprint density at radius 3 is 3.20 bits per heavy atom. The molecule has 1 aromatic heterocycles. The first-order valence-electron chi connectivity index (χ1n) is 7.71. The van der Waals surface area contributed by atoms with E-state index < -0.39 is 0 Å². The number of aliphatic hydroxyl groups is 1. The molecule has 112 valence electrons. The van der Waals surface area contributed by atoms with Crippen LogP contribution in [0.1, 0.15) is 44.7 Å². The van der Waals surface area contributed by atoms with E-state index in [9.17, 15) is 5.11 Å². The first-order valence-corrected chi connectivity index (χ1v) is 8.48. The number of likely N-dealkylation sites (tertiary alicyclic amines) is 1. The summed E-state index contributed by atoms with van der Waals surface area (Å²) in [7, 11) is 0. The SMILES string of the molecule is CCNc1snnc1CN1CCC2(O)CCCCC2C1. The Morgan fingerprint density at radius 2 is 2.35 bits per heavy atom. The van der Waals surface area contributed by atoms with Crippen LogP contribution in [0, 0.1) is 5.92 Å². The lowest BCUT2D eigenvalue weighted by molar-refractivity contribution is -0.0969. The second-order valence-corrected chi connectivity index (χ2v) is 6.86. The normalized spacial score (nSPS) is 31.0. The van der Waals surface area contributed by atoms with Gasteiger partial charge in [-0.05, 0) is 26.2 Å². The number of hydrogen-bond acceptors (Lipinski definition) is 6. The number of nitrogens with zero attached hydrogens (tertiary/aromatic N) is 3. The van der Waals surface area contributed by atoms with E-state index in [-0.39, 0.29) is 5.60 Å². The molecule has 2 unspecified atom stereocenters. The smallest absolute Gasteiger partial charge is 0.134 e. The number of rotatable bonds is 4. The summed E-state index contributed by atoms with van der Waals surface area (Å²) in [5, 5.41) is 19.4. The third-order valence-corrected chi connectivity index (χ3v) is 5.50. The van der Waals surface area contributed by atoms with Crippen LogP contribution in [-0.4, -0.2) is 44.8 Å². The van der Waals surface area contributed by atoms with Gasteiger partial charge in [0.1, 0.15) is 10.7 Å². The summed E-state index contributed by atoms with van der Waals surface area (Å²) >= 11 is 1.44. The molecule has 2 N–H and O–H groups in total. The highest BCUT2D eigenvalue weighted by atomic mass is 32.1. The topological polar surface area (TPSA) is 61.3 Å². The summed E-state index contributed by atoms with van der Waals surface area (Å²) in [6.07, 6.45) is 5.52. The molecule has 2 atom stereocenters. The van der Waals surface area contributed by atoms with Gasteiger partial charge in [0.15, 0.2) is 0 Å². The van der Waals surface area contributed by atoms with Crippen molar-refractivity contribution in [2.24, 2.45) is 5.92 Å².